The fourth-order valence-electron chi connectivity index (χ4n) is 5.66. The van der Waals surface area contributed by atoms with E-state index in [-0.39, 0.29) is 24.1 Å². The molecule has 2 aliphatic carbocycles. The topological polar surface area (TPSA) is 75.7 Å². The number of nitrogens with one attached hydrogen (secondary N) is 1. The number of benzene rings is 2. The number of rotatable bonds is 6. The molecule has 0 bridgehead atoms. The summed E-state index contributed by atoms with van der Waals surface area (Å²) in [5.74, 6) is -0.351. The van der Waals surface area contributed by atoms with E-state index in [9.17, 15) is 14.4 Å². The lowest BCUT2D eigenvalue weighted by molar-refractivity contribution is -0.119. The first-order valence-corrected chi connectivity index (χ1v) is 13.4. The minimum Gasteiger partial charge on any atom is -0.483 e. The van der Waals surface area contributed by atoms with Crippen LogP contribution >= 0.6 is 23.2 Å². The summed E-state index contributed by atoms with van der Waals surface area (Å²) in [6.45, 7) is 2.51. The molecule has 5 rings (SSSR count). The van der Waals surface area contributed by atoms with E-state index in [2.05, 4.69) is 17.1 Å². The van der Waals surface area contributed by atoms with Gasteiger partial charge in [-0.1, -0.05) is 23.2 Å². The smallest absolute Gasteiger partial charge is 0.262 e. The molecule has 0 aromatic heterocycles. The van der Waals surface area contributed by atoms with Crippen molar-refractivity contribution in [1.29, 1.82) is 0 Å². The molecule has 1 N–H and O–H groups in total. The molecule has 1 amide bonds. The number of nitrogens with zero attached hydrogens (tertiary/aromatic N) is 1. The fourth-order valence-corrected chi connectivity index (χ4v) is 5.97. The molecular formula is C29H28Cl2N2O4. The lowest BCUT2D eigenvalue weighted by Gasteiger charge is -2.43. The van der Waals surface area contributed by atoms with Crippen molar-refractivity contribution >= 4 is 46.4 Å². The molecule has 0 atom stereocenters. The predicted molar refractivity (Wildman–Crippen MR) is 144 cm³/mol. The minimum absolute atomic E-state index is 0.0565. The number of ketones is 2. The summed E-state index contributed by atoms with van der Waals surface area (Å²) in [6, 6.07) is 12.0. The highest BCUT2D eigenvalue weighted by Gasteiger charge is 2.43. The van der Waals surface area contributed by atoms with Crippen molar-refractivity contribution in [2.75, 3.05) is 18.5 Å². The number of halogens is 2. The van der Waals surface area contributed by atoms with Gasteiger partial charge in [0.05, 0.1) is 0 Å². The van der Waals surface area contributed by atoms with Crippen molar-refractivity contribution in [1.82, 2.24) is 4.90 Å². The number of carbonyl (C=O) groups excluding carboxylic acids is 3. The summed E-state index contributed by atoms with van der Waals surface area (Å²) in [5, 5.41) is 3.83. The maximum Gasteiger partial charge on any atom is 0.262 e. The summed E-state index contributed by atoms with van der Waals surface area (Å²) >= 11 is 12.4. The molecule has 1 heterocycles. The molecule has 0 saturated carbocycles. The van der Waals surface area contributed by atoms with Gasteiger partial charge in [0.2, 0.25) is 0 Å². The van der Waals surface area contributed by atoms with Crippen LogP contribution in [0.1, 0.15) is 56.9 Å². The zero-order valence-electron chi connectivity index (χ0n) is 20.6. The number of ether oxygens (including phenoxy) is 1. The molecule has 2 aromatic rings. The highest BCUT2D eigenvalue weighted by molar-refractivity contribution is 6.31. The van der Waals surface area contributed by atoms with Crippen LogP contribution in [-0.2, 0) is 14.4 Å². The van der Waals surface area contributed by atoms with Gasteiger partial charge in [0, 0.05) is 69.1 Å². The molecule has 6 nitrogen and oxygen atoms in total. The first kappa shape index (κ1) is 25.6. The van der Waals surface area contributed by atoms with Crippen LogP contribution in [0.5, 0.6) is 5.75 Å². The Labute approximate surface area is 226 Å². The van der Waals surface area contributed by atoms with Gasteiger partial charge in [-0.05, 0) is 75.1 Å². The molecular weight excluding hydrogens is 511 g/mol. The number of allylic oxidation sites excluding steroid dienone is 4. The Hall–Kier alpha value is -3.09. The van der Waals surface area contributed by atoms with Gasteiger partial charge in [-0.15, -0.1) is 0 Å². The van der Waals surface area contributed by atoms with Gasteiger partial charge in [0.15, 0.2) is 18.2 Å². The highest BCUT2D eigenvalue weighted by Crippen LogP contribution is 2.51. The van der Waals surface area contributed by atoms with E-state index in [0.29, 0.717) is 57.6 Å². The molecule has 3 aliphatic rings. The van der Waals surface area contributed by atoms with Crippen LogP contribution in [0.15, 0.2) is 65.0 Å². The third-order valence-corrected chi connectivity index (χ3v) is 7.66. The SMILES string of the molecule is CCN1C2=C(C(=O)CCC2)C(c2cc(Cl)ccc2OCC(=O)Nc2ccc(Cl)cc2)C2=C1CCCC2=O. The molecule has 8 heteroatoms. The van der Waals surface area contributed by atoms with E-state index in [1.807, 2.05) is 0 Å². The number of amides is 1. The molecule has 0 fully saturated rings. The predicted octanol–water partition coefficient (Wildman–Crippen LogP) is 6.44. The van der Waals surface area contributed by atoms with E-state index in [1.165, 1.54) is 0 Å². The Morgan fingerprint density at radius 2 is 1.51 bits per heavy atom. The van der Waals surface area contributed by atoms with Crippen LogP contribution in [0.3, 0.4) is 0 Å². The quantitative estimate of drug-likeness (QED) is 0.457. The first-order chi connectivity index (χ1) is 17.9. The van der Waals surface area contributed by atoms with Crippen LogP contribution in [0.4, 0.5) is 5.69 Å². The third-order valence-electron chi connectivity index (χ3n) is 7.17. The van der Waals surface area contributed by atoms with Crippen LogP contribution in [0.25, 0.3) is 0 Å². The van der Waals surface area contributed by atoms with E-state index < -0.39 is 5.92 Å². The van der Waals surface area contributed by atoms with Crippen molar-refractivity contribution in [3.8, 4) is 5.75 Å². The summed E-state index contributed by atoms with van der Waals surface area (Å²) in [7, 11) is 0. The lowest BCUT2D eigenvalue weighted by Crippen LogP contribution is -2.39. The average molecular weight is 539 g/mol. The maximum absolute atomic E-state index is 13.4. The zero-order chi connectivity index (χ0) is 26.1. The number of Topliss-reactive ketones (excluding diaryl/α,β-unsaturated/α-hetero) is 2. The summed E-state index contributed by atoms with van der Waals surface area (Å²) in [6.07, 6.45) is 4.06. The average Bonchev–Trinajstić information content (AvgIpc) is 2.88. The van der Waals surface area contributed by atoms with Crippen molar-refractivity contribution in [3.05, 3.63) is 80.6 Å². The van der Waals surface area contributed by atoms with E-state index in [4.69, 9.17) is 27.9 Å². The number of hydrogen-bond donors (Lipinski definition) is 1. The van der Waals surface area contributed by atoms with Gasteiger partial charge >= 0.3 is 0 Å². The van der Waals surface area contributed by atoms with Gasteiger partial charge in [-0.3, -0.25) is 14.4 Å². The number of hydrogen-bond acceptors (Lipinski definition) is 5. The molecule has 0 radical (unpaired) electrons. The van der Waals surface area contributed by atoms with Gasteiger partial charge in [0.25, 0.3) is 5.91 Å². The second-order valence-electron chi connectivity index (χ2n) is 9.48. The molecule has 0 spiro atoms. The third kappa shape index (κ3) is 5.05. The summed E-state index contributed by atoms with van der Waals surface area (Å²) in [4.78, 5) is 41.6. The van der Waals surface area contributed by atoms with E-state index >= 15 is 0 Å². The van der Waals surface area contributed by atoms with Crippen molar-refractivity contribution in [3.63, 3.8) is 0 Å². The van der Waals surface area contributed by atoms with Gasteiger partial charge in [-0.2, -0.15) is 0 Å². The molecule has 1 aliphatic heterocycles. The molecule has 37 heavy (non-hydrogen) atoms. The van der Waals surface area contributed by atoms with E-state index in [0.717, 1.165) is 37.1 Å². The van der Waals surface area contributed by atoms with Gasteiger partial charge in [0.1, 0.15) is 5.75 Å². The number of anilines is 1. The fraction of sp³-hybridized carbons (Fsp3) is 0.345. The Morgan fingerprint density at radius 3 is 2.11 bits per heavy atom. The van der Waals surface area contributed by atoms with Crippen molar-refractivity contribution < 1.29 is 19.1 Å². The van der Waals surface area contributed by atoms with Crippen LogP contribution in [0, 0.1) is 0 Å². The molecule has 2 aromatic carbocycles. The second kappa shape index (κ2) is 10.7. The summed E-state index contributed by atoms with van der Waals surface area (Å²) < 4.78 is 6.01. The second-order valence-corrected chi connectivity index (χ2v) is 10.4. The maximum atomic E-state index is 13.4. The number of carbonyl (C=O) groups is 3. The normalized spacial score (nSPS) is 18.1. The Morgan fingerprint density at radius 1 is 0.919 bits per heavy atom. The van der Waals surface area contributed by atoms with Gasteiger partial charge in [-0.25, -0.2) is 0 Å². The summed E-state index contributed by atoms with van der Waals surface area (Å²) in [5.41, 5.74) is 4.59. The Kier molecular flexibility index (Phi) is 7.40. The van der Waals surface area contributed by atoms with Crippen molar-refractivity contribution in [2.24, 2.45) is 0 Å². The highest BCUT2D eigenvalue weighted by atomic mass is 35.5. The molecule has 192 valence electrons. The Bertz CT molecular complexity index is 1290. The van der Waals surface area contributed by atoms with Crippen LogP contribution in [0.2, 0.25) is 10.0 Å². The minimum atomic E-state index is -0.554. The largest absolute Gasteiger partial charge is 0.483 e. The molecule has 0 saturated heterocycles. The lowest BCUT2D eigenvalue weighted by atomic mass is 9.70. The van der Waals surface area contributed by atoms with Gasteiger partial charge < -0.3 is 15.0 Å². The first-order valence-electron chi connectivity index (χ1n) is 12.6. The van der Waals surface area contributed by atoms with Crippen LogP contribution in [-0.4, -0.2) is 35.5 Å². The van der Waals surface area contributed by atoms with Crippen LogP contribution < -0.4 is 10.1 Å². The molecule has 0 unspecified atom stereocenters. The monoisotopic (exact) mass is 538 g/mol. The van der Waals surface area contributed by atoms with Crippen molar-refractivity contribution in [2.45, 2.75) is 51.4 Å². The standard InChI is InChI=1S/C29H28Cl2N2O4/c1-2-33-21-5-3-7-23(34)28(21)27(29-22(33)6-4-8-24(29)35)20-15-18(31)11-14-25(20)37-16-26(36)32-19-12-9-17(30)10-13-19/h9-15,27H,2-8,16H2,1H3,(H,32,36). The van der Waals surface area contributed by atoms with E-state index in [1.54, 1.807) is 42.5 Å². The Balaban J connectivity index is 1.52. The zero-order valence-corrected chi connectivity index (χ0v) is 22.1.